The topological polar surface area (TPSA) is 9.23 Å². The lowest BCUT2D eigenvalue weighted by molar-refractivity contribution is 0.119. The van der Waals surface area contributed by atoms with Crippen LogP contribution in [0.2, 0.25) is 0 Å². The van der Waals surface area contributed by atoms with Gasteiger partial charge in [-0.25, -0.2) is 8.78 Å². The summed E-state index contributed by atoms with van der Waals surface area (Å²) in [6, 6.07) is 3.63. The molecule has 1 aliphatic carbocycles. The van der Waals surface area contributed by atoms with E-state index in [1.165, 1.54) is 6.07 Å². The summed E-state index contributed by atoms with van der Waals surface area (Å²) in [7, 11) is 0. The van der Waals surface area contributed by atoms with Crippen LogP contribution in [0.1, 0.15) is 19.3 Å². The molecule has 13 heavy (non-hydrogen) atoms. The Labute approximate surface area is 75.3 Å². The van der Waals surface area contributed by atoms with Crippen LogP contribution in [0.3, 0.4) is 0 Å². The molecule has 0 N–H and O–H groups in total. The van der Waals surface area contributed by atoms with Gasteiger partial charge in [0, 0.05) is 6.07 Å². The highest BCUT2D eigenvalue weighted by atomic mass is 19.2. The zero-order chi connectivity index (χ0) is 9.26. The molecular formula is C10H10F2O. The molecule has 0 unspecified atom stereocenters. The van der Waals surface area contributed by atoms with Crippen LogP contribution in [0.4, 0.5) is 8.78 Å². The number of rotatable bonds is 2. The van der Waals surface area contributed by atoms with Crippen molar-refractivity contribution in [2.24, 2.45) is 0 Å². The molecule has 1 aliphatic rings. The van der Waals surface area contributed by atoms with Crippen LogP contribution in [0.25, 0.3) is 0 Å². The number of hydrogen-bond donors (Lipinski definition) is 0. The van der Waals surface area contributed by atoms with Crippen LogP contribution in [0, 0.1) is 11.6 Å². The van der Waals surface area contributed by atoms with E-state index in [0.29, 0.717) is 5.75 Å². The zero-order valence-corrected chi connectivity index (χ0v) is 7.09. The van der Waals surface area contributed by atoms with Crippen molar-refractivity contribution in [3.63, 3.8) is 0 Å². The third-order valence-electron chi connectivity index (χ3n) is 2.25. The Bertz CT molecular complexity index is 308. The van der Waals surface area contributed by atoms with Crippen LogP contribution >= 0.6 is 0 Å². The van der Waals surface area contributed by atoms with Gasteiger partial charge < -0.3 is 4.74 Å². The SMILES string of the molecule is Fc1ccc(OC2CCC2)cc1F. The zero-order valence-electron chi connectivity index (χ0n) is 7.09. The quantitative estimate of drug-likeness (QED) is 0.686. The minimum atomic E-state index is -0.850. The predicted octanol–water partition coefficient (Wildman–Crippen LogP) is 2.90. The second-order valence-electron chi connectivity index (χ2n) is 3.25. The Morgan fingerprint density at radius 3 is 2.46 bits per heavy atom. The van der Waals surface area contributed by atoms with Crippen molar-refractivity contribution in [1.29, 1.82) is 0 Å². The lowest BCUT2D eigenvalue weighted by Crippen LogP contribution is -2.24. The Morgan fingerprint density at radius 2 is 1.92 bits per heavy atom. The molecule has 0 saturated heterocycles. The molecule has 0 radical (unpaired) electrons. The Balaban J connectivity index is 2.07. The van der Waals surface area contributed by atoms with Crippen LogP contribution in [0.15, 0.2) is 18.2 Å². The molecule has 1 fully saturated rings. The van der Waals surface area contributed by atoms with Gasteiger partial charge >= 0.3 is 0 Å². The van der Waals surface area contributed by atoms with Crippen molar-refractivity contribution >= 4 is 0 Å². The maximum Gasteiger partial charge on any atom is 0.162 e. The van der Waals surface area contributed by atoms with Crippen molar-refractivity contribution < 1.29 is 13.5 Å². The van der Waals surface area contributed by atoms with E-state index in [1.54, 1.807) is 0 Å². The van der Waals surface area contributed by atoms with Crippen molar-refractivity contribution in [2.45, 2.75) is 25.4 Å². The standard InChI is InChI=1S/C10H10F2O/c11-9-5-4-8(6-10(9)12)13-7-2-1-3-7/h4-7H,1-3H2. The average Bonchev–Trinajstić information content (AvgIpc) is 2.04. The van der Waals surface area contributed by atoms with E-state index in [9.17, 15) is 8.78 Å². The number of halogens is 2. The van der Waals surface area contributed by atoms with E-state index in [-0.39, 0.29) is 6.10 Å². The van der Waals surface area contributed by atoms with Gasteiger partial charge in [0.05, 0.1) is 6.10 Å². The summed E-state index contributed by atoms with van der Waals surface area (Å²) in [5.41, 5.74) is 0. The maximum atomic E-state index is 12.7. The Kier molecular flexibility index (Phi) is 2.17. The summed E-state index contributed by atoms with van der Waals surface area (Å²) in [6.45, 7) is 0. The highest BCUT2D eigenvalue weighted by molar-refractivity contribution is 5.24. The van der Waals surface area contributed by atoms with Crippen LogP contribution in [-0.4, -0.2) is 6.10 Å². The molecule has 1 nitrogen and oxygen atoms in total. The summed E-state index contributed by atoms with van der Waals surface area (Å²) in [6.07, 6.45) is 3.39. The molecule has 0 spiro atoms. The lowest BCUT2D eigenvalue weighted by Gasteiger charge is -2.26. The molecule has 3 heteroatoms. The first kappa shape index (κ1) is 8.48. The fourth-order valence-electron chi connectivity index (χ4n) is 1.23. The fraction of sp³-hybridized carbons (Fsp3) is 0.400. The van der Waals surface area contributed by atoms with Gasteiger partial charge in [0.1, 0.15) is 5.75 Å². The van der Waals surface area contributed by atoms with Crippen LogP contribution in [-0.2, 0) is 0 Å². The Hall–Kier alpha value is -1.12. The van der Waals surface area contributed by atoms with Crippen molar-refractivity contribution in [3.05, 3.63) is 29.8 Å². The monoisotopic (exact) mass is 184 g/mol. The van der Waals surface area contributed by atoms with Crippen LogP contribution < -0.4 is 4.74 Å². The molecular weight excluding hydrogens is 174 g/mol. The molecule has 1 aromatic carbocycles. The number of hydrogen-bond acceptors (Lipinski definition) is 1. The largest absolute Gasteiger partial charge is 0.490 e. The van der Waals surface area contributed by atoms with Gasteiger partial charge in [-0.05, 0) is 31.4 Å². The number of ether oxygens (including phenoxy) is 1. The molecule has 0 atom stereocenters. The van der Waals surface area contributed by atoms with E-state index in [1.807, 2.05) is 0 Å². The summed E-state index contributed by atoms with van der Waals surface area (Å²) < 4.78 is 30.6. The summed E-state index contributed by atoms with van der Waals surface area (Å²) in [5.74, 6) is -1.26. The highest BCUT2D eigenvalue weighted by Crippen LogP contribution is 2.25. The normalized spacial score (nSPS) is 16.8. The molecule has 0 aromatic heterocycles. The minimum absolute atomic E-state index is 0.199. The maximum absolute atomic E-state index is 12.7. The van der Waals surface area contributed by atoms with Crippen molar-refractivity contribution in [3.8, 4) is 5.75 Å². The smallest absolute Gasteiger partial charge is 0.162 e. The number of benzene rings is 1. The van der Waals surface area contributed by atoms with E-state index >= 15 is 0 Å². The second kappa shape index (κ2) is 3.32. The van der Waals surface area contributed by atoms with E-state index in [2.05, 4.69) is 0 Å². The van der Waals surface area contributed by atoms with Crippen molar-refractivity contribution in [2.75, 3.05) is 0 Å². The predicted molar refractivity (Wildman–Crippen MR) is 44.6 cm³/mol. The van der Waals surface area contributed by atoms with Gasteiger partial charge in [0.25, 0.3) is 0 Å². The van der Waals surface area contributed by atoms with E-state index < -0.39 is 11.6 Å². The van der Waals surface area contributed by atoms with Crippen molar-refractivity contribution in [1.82, 2.24) is 0 Å². The van der Waals surface area contributed by atoms with Gasteiger partial charge in [0.15, 0.2) is 11.6 Å². The van der Waals surface area contributed by atoms with E-state index in [4.69, 9.17) is 4.74 Å². The van der Waals surface area contributed by atoms with Gasteiger partial charge in [-0.2, -0.15) is 0 Å². The first-order chi connectivity index (χ1) is 6.25. The molecule has 0 heterocycles. The van der Waals surface area contributed by atoms with Gasteiger partial charge in [-0.15, -0.1) is 0 Å². The third kappa shape index (κ3) is 1.79. The molecule has 2 rings (SSSR count). The Morgan fingerprint density at radius 1 is 1.15 bits per heavy atom. The molecule has 1 aromatic rings. The highest BCUT2D eigenvalue weighted by Gasteiger charge is 2.19. The average molecular weight is 184 g/mol. The van der Waals surface area contributed by atoms with Crippen LogP contribution in [0.5, 0.6) is 5.75 Å². The minimum Gasteiger partial charge on any atom is -0.490 e. The molecule has 70 valence electrons. The molecule has 0 bridgehead atoms. The summed E-state index contributed by atoms with van der Waals surface area (Å²) in [4.78, 5) is 0. The summed E-state index contributed by atoms with van der Waals surface area (Å²) >= 11 is 0. The van der Waals surface area contributed by atoms with Gasteiger partial charge in [-0.3, -0.25) is 0 Å². The fourth-order valence-corrected chi connectivity index (χ4v) is 1.23. The first-order valence-corrected chi connectivity index (χ1v) is 4.37. The molecule has 0 aliphatic heterocycles. The first-order valence-electron chi connectivity index (χ1n) is 4.37. The lowest BCUT2D eigenvalue weighted by atomic mass is 9.96. The second-order valence-corrected chi connectivity index (χ2v) is 3.25. The van der Waals surface area contributed by atoms with E-state index in [0.717, 1.165) is 31.4 Å². The van der Waals surface area contributed by atoms with Gasteiger partial charge in [-0.1, -0.05) is 0 Å². The molecule has 1 saturated carbocycles. The third-order valence-corrected chi connectivity index (χ3v) is 2.25. The van der Waals surface area contributed by atoms with Gasteiger partial charge in [0.2, 0.25) is 0 Å². The molecule has 0 amide bonds. The summed E-state index contributed by atoms with van der Waals surface area (Å²) in [5, 5.41) is 0.